The Morgan fingerprint density at radius 3 is 2.00 bits per heavy atom. The lowest BCUT2D eigenvalue weighted by molar-refractivity contribution is 0.0670. The van der Waals surface area contributed by atoms with E-state index in [-0.39, 0.29) is 0 Å². The van der Waals surface area contributed by atoms with Gasteiger partial charge in [0.1, 0.15) is 0 Å². The summed E-state index contributed by atoms with van der Waals surface area (Å²) in [5.74, 6) is 0. The third-order valence-electron chi connectivity index (χ3n) is 2.55. The van der Waals surface area contributed by atoms with Gasteiger partial charge in [0.2, 0.25) is 0 Å². The Morgan fingerprint density at radius 1 is 0.944 bits per heavy atom. The van der Waals surface area contributed by atoms with Crippen LogP contribution in [-0.4, -0.2) is 60.3 Å². The molecule has 0 fully saturated rings. The van der Waals surface area contributed by atoms with Crippen molar-refractivity contribution in [2.45, 2.75) is 33.1 Å². The van der Waals surface area contributed by atoms with Gasteiger partial charge in [-0.3, -0.25) is 0 Å². The lowest BCUT2D eigenvalue weighted by Gasteiger charge is -2.27. The lowest BCUT2D eigenvalue weighted by atomic mass is 10.2. The number of hydrogen-bond donors (Lipinski definition) is 1. The second-order valence-corrected chi connectivity index (χ2v) is 7.11. The summed E-state index contributed by atoms with van der Waals surface area (Å²) in [5.41, 5.74) is 5.74. The van der Waals surface area contributed by atoms with E-state index in [0.29, 0.717) is 26.0 Å². The van der Waals surface area contributed by atoms with Crippen LogP contribution in [0.15, 0.2) is 0 Å². The highest BCUT2D eigenvalue weighted by molar-refractivity contribution is 6.60. The second-order valence-electron chi connectivity index (χ2n) is 4.47. The van der Waals surface area contributed by atoms with Crippen molar-refractivity contribution in [3.8, 4) is 0 Å². The smallest absolute Gasteiger partial charge is 0.373 e. The molecule has 2 N–H and O–H groups in total. The van der Waals surface area contributed by atoms with Crippen molar-refractivity contribution in [3.05, 3.63) is 0 Å². The average Bonchev–Trinajstić information content (AvgIpc) is 2.33. The first-order valence-electron chi connectivity index (χ1n) is 6.87. The predicted octanol–water partition coefficient (Wildman–Crippen LogP) is 1.24. The monoisotopic (exact) mass is 278 g/mol. The van der Waals surface area contributed by atoms with Gasteiger partial charge in [-0.25, -0.2) is 0 Å². The highest BCUT2D eigenvalue weighted by Gasteiger charge is 2.38. The maximum Gasteiger partial charge on any atom is 0.515 e. The fourth-order valence-electron chi connectivity index (χ4n) is 1.68. The Balaban J connectivity index is 3.81. The van der Waals surface area contributed by atoms with E-state index < -0.39 is 8.80 Å². The molecule has 0 aliphatic heterocycles. The molecule has 0 radical (unpaired) electrons. The number of hydrogen-bond acceptors (Lipinski definition) is 5. The molecule has 18 heavy (non-hydrogen) atoms. The molecule has 0 saturated heterocycles. The molecule has 0 aliphatic carbocycles. The molecule has 0 unspecified atom stereocenters. The van der Waals surface area contributed by atoms with E-state index in [0.717, 1.165) is 19.4 Å². The molecule has 5 nitrogen and oxygen atoms in total. The lowest BCUT2D eigenvalue weighted by Crippen LogP contribution is -2.53. The fourth-order valence-corrected chi connectivity index (χ4v) is 3.61. The van der Waals surface area contributed by atoms with Gasteiger partial charge in [0.05, 0.1) is 6.17 Å². The van der Waals surface area contributed by atoms with Crippen LogP contribution in [0.5, 0.6) is 0 Å². The van der Waals surface area contributed by atoms with Crippen molar-refractivity contribution >= 4 is 8.80 Å². The van der Waals surface area contributed by atoms with Crippen LogP contribution in [-0.2, 0) is 13.3 Å². The van der Waals surface area contributed by atoms with Gasteiger partial charge in [0, 0.05) is 19.8 Å². The van der Waals surface area contributed by atoms with Crippen molar-refractivity contribution < 1.29 is 13.3 Å². The normalized spacial score (nSPS) is 12.3. The first kappa shape index (κ1) is 18.0. The van der Waals surface area contributed by atoms with Crippen LogP contribution in [0.3, 0.4) is 0 Å². The molecule has 0 aromatic heterocycles. The minimum Gasteiger partial charge on any atom is -0.373 e. The Morgan fingerprint density at radius 2 is 1.56 bits per heavy atom. The molecule has 0 rings (SSSR count). The molecule has 110 valence electrons. The van der Waals surface area contributed by atoms with Crippen LogP contribution in [0.1, 0.15) is 33.1 Å². The molecular weight excluding hydrogens is 248 g/mol. The van der Waals surface area contributed by atoms with E-state index >= 15 is 0 Å². The van der Waals surface area contributed by atoms with Gasteiger partial charge in [-0.15, -0.1) is 0 Å². The summed E-state index contributed by atoms with van der Waals surface area (Å²) in [6.07, 6.45) is 3.73. The molecule has 6 heteroatoms. The summed E-state index contributed by atoms with van der Waals surface area (Å²) in [4.78, 5) is 2.19. The molecule has 0 aliphatic rings. The first-order valence-corrected chi connectivity index (χ1v) is 8.80. The van der Waals surface area contributed by atoms with Gasteiger partial charge < -0.3 is 23.9 Å². The van der Waals surface area contributed by atoms with E-state index in [1.807, 2.05) is 13.8 Å². The van der Waals surface area contributed by atoms with Crippen LogP contribution in [0.2, 0.25) is 0 Å². The highest BCUT2D eigenvalue weighted by atomic mass is 28.4. The number of nitrogens with zero attached hydrogens (tertiary/aromatic N) is 1. The van der Waals surface area contributed by atoms with Crippen molar-refractivity contribution in [1.82, 2.24) is 4.90 Å². The summed E-state index contributed by atoms with van der Waals surface area (Å²) in [5, 5.41) is 0. The van der Waals surface area contributed by atoms with Crippen molar-refractivity contribution in [2.75, 3.05) is 46.6 Å². The minimum absolute atomic E-state index is 0.354. The number of rotatable bonds is 12. The second kappa shape index (κ2) is 10.9. The third-order valence-corrected chi connectivity index (χ3v) is 5.15. The molecule has 0 saturated carbocycles. The molecule has 0 heterocycles. The Kier molecular flexibility index (Phi) is 10.9. The van der Waals surface area contributed by atoms with E-state index in [1.54, 1.807) is 0 Å². The molecular formula is C12H30N2O3Si. The summed E-state index contributed by atoms with van der Waals surface area (Å²) in [7, 11) is 1.60. The first-order chi connectivity index (χ1) is 8.60. The summed E-state index contributed by atoms with van der Waals surface area (Å²) >= 11 is 0. The molecule has 0 atom stereocenters. The van der Waals surface area contributed by atoms with E-state index in [2.05, 4.69) is 19.0 Å². The summed E-state index contributed by atoms with van der Waals surface area (Å²) < 4.78 is 17.1. The SMILES string of the molecule is CCO[Si](CN)(OCC)OCCCCCN(C)C. The molecule has 0 aromatic carbocycles. The van der Waals surface area contributed by atoms with Gasteiger partial charge in [-0.05, 0) is 53.8 Å². The summed E-state index contributed by atoms with van der Waals surface area (Å²) in [6, 6.07) is 0. The van der Waals surface area contributed by atoms with E-state index in [4.69, 9.17) is 19.0 Å². The van der Waals surface area contributed by atoms with Gasteiger partial charge in [0.25, 0.3) is 0 Å². The minimum atomic E-state index is -2.58. The quantitative estimate of drug-likeness (QED) is 0.430. The van der Waals surface area contributed by atoms with Crippen LogP contribution >= 0.6 is 0 Å². The van der Waals surface area contributed by atoms with Crippen LogP contribution in [0, 0.1) is 0 Å². The van der Waals surface area contributed by atoms with Crippen molar-refractivity contribution in [3.63, 3.8) is 0 Å². The van der Waals surface area contributed by atoms with Gasteiger partial charge >= 0.3 is 8.80 Å². The highest BCUT2D eigenvalue weighted by Crippen LogP contribution is 2.09. The molecule has 0 spiro atoms. The van der Waals surface area contributed by atoms with Crippen LogP contribution < -0.4 is 5.73 Å². The zero-order valence-corrected chi connectivity index (χ0v) is 13.4. The number of nitrogens with two attached hydrogens (primary N) is 1. The van der Waals surface area contributed by atoms with Crippen molar-refractivity contribution in [2.24, 2.45) is 5.73 Å². The van der Waals surface area contributed by atoms with Gasteiger partial charge in [-0.2, -0.15) is 0 Å². The van der Waals surface area contributed by atoms with Gasteiger partial charge in [0.15, 0.2) is 0 Å². The molecule has 0 bridgehead atoms. The standard InChI is InChI=1S/C12H30N2O3Si/c1-5-15-18(12-13,16-6-2)17-11-9-7-8-10-14(3)4/h5-13H2,1-4H3. The predicted molar refractivity (Wildman–Crippen MR) is 76.4 cm³/mol. The number of unbranched alkanes of at least 4 members (excludes halogenated alkanes) is 2. The zero-order valence-electron chi connectivity index (χ0n) is 12.4. The topological polar surface area (TPSA) is 57.0 Å². The van der Waals surface area contributed by atoms with Gasteiger partial charge in [-0.1, -0.05) is 0 Å². The van der Waals surface area contributed by atoms with E-state index in [1.165, 1.54) is 6.42 Å². The van der Waals surface area contributed by atoms with Crippen LogP contribution in [0.25, 0.3) is 0 Å². The zero-order chi connectivity index (χ0) is 13.9. The maximum atomic E-state index is 5.82. The largest absolute Gasteiger partial charge is 0.515 e. The fraction of sp³-hybridized carbons (Fsp3) is 1.00. The van der Waals surface area contributed by atoms with Crippen molar-refractivity contribution in [1.29, 1.82) is 0 Å². The maximum absolute atomic E-state index is 5.82. The Bertz CT molecular complexity index is 188. The molecule has 0 amide bonds. The summed E-state index contributed by atoms with van der Waals surface area (Å²) in [6.45, 7) is 6.86. The Hall–Kier alpha value is 0.0169. The average molecular weight is 278 g/mol. The van der Waals surface area contributed by atoms with Crippen LogP contribution in [0.4, 0.5) is 0 Å². The molecule has 0 aromatic rings. The Labute approximate surface area is 113 Å². The van der Waals surface area contributed by atoms with E-state index in [9.17, 15) is 0 Å². The third kappa shape index (κ3) is 8.18.